The highest BCUT2D eigenvalue weighted by Crippen LogP contribution is 2.44. The molecule has 5 nitrogen and oxygen atoms in total. The lowest BCUT2D eigenvalue weighted by Gasteiger charge is -2.35. The Labute approximate surface area is 190 Å². The van der Waals surface area contributed by atoms with E-state index in [4.69, 9.17) is 9.15 Å². The van der Waals surface area contributed by atoms with Gasteiger partial charge in [-0.3, -0.25) is 9.59 Å². The number of ketones is 1. The number of aryl methyl sites for hydroxylation is 2. The number of fused-ring (bicyclic) bond motifs is 3. The lowest BCUT2D eigenvalue weighted by atomic mass is 9.84. The van der Waals surface area contributed by atoms with Crippen molar-refractivity contribution in [1.29, 1.82) is 0 Å². The quantitative estimate of drug-likeness (QED) is 0.402. The summed E-state index contributed by atoms with van der Waals surface area (Å²) in [6.07, 6.45) is 0.0834. The van der Waals surface area contributed by atoms with Crippen LogP contribution in [0.4, 0.5) is 10.1 Å². The number of carbonyl (C=O) groups excluding carboxylic acids is 2. The molecular weight excluding hydrogens is 421 g/mol. The molecule has 1 atom stereocenters. The van der Waals surface area contributed by atoms with E-state index in [2.05, 4.69) is 5.32 Å². The van der Waals surface area contributed by atoms with Crippen molar-refractivity contribution in [3.8, 4) is 5.75 Å². The van der Waals surface area contributed by atoms with Crippen LogP contribution in [0, 0.1) is 19.7 Å². The summed E-state index contributed by atoms with van der Waals surface area (Å²) in [6.45, 7) is 5.49. The number of anilines is 1. The second-order valence-corrected chi connectivity index (χ2v) is 8.58. The number of benzene rings is 3. The van der Waals surface area contributed by atoms with Crippen molar-refractivity contribution < 1.29 is 23.1 Å². The largest absolute Gasteiger partial charge is 0.482 e. The lowest BCUT2D eigenvalue weighted by molar-refractivity contribution is 0.0507. The Morgan fingerprint density at radius 2 is 1.76 bits per heavy atom. The molecule has 0 fully saturated rings. The van der Waals surface area contributed by atoms with Crippen LogP contribution in [0.2, 0.25) is 0 Å². The summed E-state index contributed by atoms with van der Waals surface area (Å²) in [6, 6.07) is 16.8. The van der Waals surface area contributed by atoms with Gasteiger partial charge in [-0.2, -0.15) is 0 Å². The number of ether oxygens (including phenoxy) is 1. The van der Waals surface area contributed by atoms with Crippen LogP contribution in [-0.2, 0) is 5.60 Å². The third-order valence-electron chi connectivity index (χ3n) is 6.22. The number of nitrogens with one attached hydrogen (secondary N) is 1. The van der Waals surface area contributed by atoms with Crippen LogP contribution in [0.3, 0.4) is 0 Å². The Balaban J connectivity index is 1.55. The predicted octanol–water partition coefficient (Wildman–Crippen LogP) is 6.32. The first kappa shape index (κ1) is 20.9. The summed E-state index contributed by atoms with van der Waals surface area (Å²) in [5.41, 5.74) is 2.85. The summed E-state index contributed by atoms with van der Waals surface area (Å²) >= 11 is 0. The normalized spacial score (nSPS) is 17.5. The maximum Gasteiger partial charge on any atom is 0.291 e. The minimum Gasteiger partial charge on any atom is -0.482 e. The van der Waals surface area contributed by atoms with Crippen molar-refractivity contribution in [3.63, 3.8) is 0 Å². The molecule has 0 spiro atoms. The van der Waals surface area contributed by atoms with Crippen molar-refractivity contribution in [3.05, 3.63) is 94.5 Å². The molecule has 0 radical (unpaired) electrons. The van der Waals surface area contributed by atoms with Crippen molar-refractivity contribution >= 4 is 28.3 Å². The van der Waals surface area contributed by atoms with Gasteiger partial charge >= 0.3 is 0 Å². The van der Waals surface area contributed by atoms with E-state index >= 15 is 0 Å². The smallest absolute Gasteiger partial charge is 0.291 e. The van der Waals surface area contributed by atoms with Crippen LogP contribution in [0.5, 0.6) is 5.75 Å². The molecule has 1 N–H and O–H groups in total. The third-order valence-corrected chi connectivity index (χ3v) is 6.22. The topological polar surface area (TPSA) is 68.5 Å². The van der Waals surface area contributed by atoms with Crippen LogP contribution in [0.25, 0.3) is 11.0 Å². The number of carbonyl (C=O) groups is 2. The zero-order valence-corrected chi connectivity index (χ0v) is 18.5. The highest BCUT2D eigenvalue weighted by molar-refractivity contribution is 6.15. The number of rotatable bonds is 3. The molecular formula is C27H22FNO4. The fourth-order valence-corrected chi connectivity index (χ4v) is 4.43. The number of Topliss-reactive ketones (excluding diaryl/α,β-unsaturated/α-hetero) is 1. The van der Waals surface area contributed by atoms with Gasteiger partial charge in [-0.15, -0.1) is 0 Å². The minimum absolute atomic E-state index is 0.0834. The van der Waals surface area contributed by atoms with Gasteiger partial charge in [0.15, 0.2) is 11.5 Å². The fourth-order valence-electron chi connectivity index (χ4n) is 4.43. The molecule has 3 aromatic carbocycles. The Morgan fingerprint density at radius 1 is 1.03 bits per heavy atom. The number of hydrogen-bond donors (Lipinski definition) is 1. The van der Waals surface area contributed by atoms with Crippen molar-refractivity contribution in [1.82, 2.24) is 0 Å². The zero-order chi connectivity index (χ0) is 23.3. The van der Waals surface area contributed by atoms with Crippen LogP contribution in [0.15, 0.2) is 65.1 Å². The molecule has 1 aromatic heterocycles. The molecule has 166 valence electrons. The van der Waals surface area contributed by atoms with Crippen LogP contribution < -0.4 is 10.1 Å². The predicted molar refractivity (Wildman–Crippen MR) is 123 cm³/mol. The van der Waals surface area contributed by atoms with Crippen molar-refractivity contribution in [2.24, 2.45) is 0 Å². The van der Waals surface area contributed by atoms with Gasteiger partial charge in [0.05, 0.1) is 12.0 Å². The SMILES string of the molecule is Cc1ccccc1NC(=O)c1oc2ccc3c(c2c1C)C(=O)CC(C)(c1ccc(F)cc1)O3. The molecule has 5 rings (SSSR count). The molecule has 0 saturated heterocycles. The minimum atomic E-state index is -0.922. The maximum absolute atomic E-state index is 13.4. The number of hydrogen-bond acceptors (Lipinski definition) is 4. The average Bonchev–Trinajstić information content (AvgIpc) is 3.12. The Bertz CT molecular complexity index is 1420. The van der Waals surface area contributed by atoms with Crippen LogP contribution >= 0.6 is 0 Å². The Hall–Kier alpha value is -3.93. The van der Waals surface area contributed by atoms with Gasteiger partial charge in [0.1, 0.15) is 22.8 Å². The van der Waals surface area contributed by atoms with Gasteiger partial charge in [0.25, 0.3) is 5.91 Å². The molecule has 2 heterocycles. The average molecular weight is 443 g/mol. The first-order valence-corrected chi connectivity index (χ1v) is 10.7. The van der Waals surface area contributed by atoms with E-state index in [1.54, 1.807) is 31.2 Å². The Morgan fingerprint density at radius 3 is 2.48 bits per heavy atom. The molecule has 1 aliphatic heterocycles. The molecule has 0 aliphatic carbocycles. The van der Waals surface area contributed by atoms with E-state index in [1.165, 1.54) is 12.1 Å². The van der Waals surface area contributed by atoms with Crippen molar-refractivity contribution in [2.45, 2.75) is 32.8 Å². The van der Waals surface area contributed by atoms with Crippen LogP contribution in [-0.4, -0.2) is 11.7 Å². The molecule has 4 aromatic rings. The fraction of sp³-hybridized carbons (Fsp3) is 0.185. The van der Waals surface area contributed by atoms with E-state index in [0.717, 1.165) is 5.56 Å². The molecule has 33 heavy (non-hydrogen) atoms. The second-order valence-electron chi connectivity index (χ2n) is 8.58. The summed E-state index contributed by atoms with van der Waals surface area (Å²) in [7, 11) is 0. The van der Waals surface area contributed by atoms with E-state index in [-0.39, 0.29) is 29.7 Å². The Kier molecular flexibility index (Phi) is 4.81. The molecule has 1 amide bonds. The molecule has 0 bridgehead atoms. The molecule has 6 heteroatoms. The summed E-state index contributed by atoms with van der Waals surface area (Å²) in [4.78, 5) is 26.3. The summed E-state index contributed by atoms with van der Waals surface area (Å²) in [5, 5.41) is 3.46. The van der Waals surface area contributed by atoms with Crippen LogP contribution in [0.1, 0.15) is 50.9 Å². The molecule has 1 aliphatic rings. The first-order chi connectivity index (χ1) is 15.8. The van der Waals surface area contributed by atoms with Gasteiger partial charge in [0.2, 0.25) is 0 Å². The van der Waals surface area contributed by atoms with E-state index < -0.39 is 5.60 Å². The highest BCUT2D eigenvalue weighted by atomic mass is 19.1. The van der Waals surface area contributed by atoms with Crippen molar-refractivity contribution in [2.75, 3.05) is 5.32 Å². The second kappa shape index (κ2) is 7.59. The van der Waals surface area contributed by atoms with Gasteiger partial charge in [-0.25, -0.2) is 4.39 Å². The monoisotopic (exact) mass is 443 g/mol. The van der Waals surface area contributed by atoms with Gasteiger partial charge in [-0.05, 0) is 62.2 Å². The summed E-state index contributed by atoms with van der Waals surface area (Å²) < 4.78 is 25.5. The van der Waals surface area contributed by atoms with E-state index in [0.29, 0.717) is 39.1 Å². The van der Waals surface area contributed by atoms with Gasteiger partial charge in [0, 0.05) is 16.6 Å². The van der Waals surface area contributed by atoms with E-state index in [1.807, 2.05) is 38.1 Å². The molecule has 0 saturated carbocycles. The first-order valence-electron chi connectivity index (χ1n) is 10.7. The number of halogens is 1. The standard InChI is InChI=1S/C27H22FNO4/c1-15-6-4-5-7-19(15)29-26(31)25-16(2)23-21(32-25)12-13-22-24(23)20(30)14-27(3,33-22)17-8-10-18(28)11-9-17/h4-13H,14H2,1-3H3,(H,29,31). The lowest BCUT2D eigenvalue weighted by Crippen LogP contribution is -2.36. The summed E-state index contributed by atoms with van der Waals surface area (Å²) in [5.74, 6) is -0.283. The van der Waals surface area contributed by atoms with Gasteiger partial charge in [-0.1, -0.05) is 30.3 Å². The zero-order valence-electron chi connectivity index (χ0n) is 18.5. The number of para-hydroxylation sites is 1. The van der Waals surface area contributed by atoms with Gasteiger partial charge < -0.3 is 14.5 Å². The number of amides is 1. The highest BCUT2D eigenvalue weighted by Gasteiger charge is 2.40. The maximum atomic E-state index is 13.4. The third kappa shape index (κ3) is 3.48. The molecule has 1 unspecified atom stereocenters. The number of furan rings is 1. The van der Waals surface area contributed by atoms with E-state index in [9.17, 15) is 14.0 Å².